The molecule has 0 radical (unpaired) electrons. The summed E-state index contributed by atoms with van der Waals surface area (Å²) >= 11 is 1.92. The Hall–Kier alpha value is -1.20. The van der Waals surface area contributed by atoms with Gasteiger partial charge in [0.1, 0.15) is 11.0 Å². The largest absolute Gasteiger partial charge is 0.330 e. The van der Waals surface area contributed by atoms with Crippen LogP contribution in [0.25, 0.3) is 0 Å². The Morgan fingerprint density at radius 2 is 2.14 bits per heavy atom. The van der Waals surface area contributed by atoms with Gasteiger partial charge in [0.05, 0.1) is 23.9 Å². The minimum Gasteiger partial charge on any atom is -0.330 e. The van der Waals surface area contributed by atoms with E-state index in [1.807, 2.05) is 23.9 Å². The van der Waals surface area contributed by atoms with Gasteiger partial charge in [-0.25, -0.2) is 9.97 Å². The molecule has 1 unspecified atom stereocenters. The molecular weight excluding hydrogens is 280 g/mol. The first-order valence-corrected chi connectivity index (χ1v) is 8.96. The second-order valence-corrected chi connectivity index (χ2v) is 7.72. The second kappa shape index (κ2) is 4.65. The third-order valence-corrected chi connectivity index (χ3v) is 5.99. The highest BCUT2D eigenvalue weighted by molar-refractivity contribution is 7.11. The first kappa shape index (κ1) is 12.4. The molecule has 2 aromatic heterocycles. The molecular formula is C16H20N4S. The molecule has 4 nitrogen and oxygen atoms in total. The standard InChI is InChI=1S/C16H20N4S/c1-2-12-14(3-1)21-16(19-12)15(18-10-4-5-10)13-8-17-9-20(13)11-6-7-11/h8-11,15,18H,1-7H2. The predicted molar refractivity (Wildman–Crippen MR) is 82.6 cm³/mol. The van der Waals surface area contributed by atoms with E-state index in [0.717, 1.165) is 0 Å². The number of thiazole rings is 1. The van der Waals surface area contributed by atoms with Crippen LogP contribution >= 0.6 is 11.3 Å². The normalized spacial score (nSPS) is 22.5. The number of fused-ring (bicyclic) bond motifs is 1. The maximum atomic E-state index is 4.96. The van der Waals surface area contributed by atoms with E-state index in [-0.39, 0.29) is 6.04 Å². The smallest absolute Gasteiger partial charge is 0.116 e. The quantitative estimate of drug-likeness (QED) is 0.923. The molecule has 2 aromatic rings. The van der Waals surface area contributed by atoms with Crippen LogP contribution in [0.3, 0.4) is 0 Å². The van der Waals surface area contributed by atoms with E-state index < -0.39 is 0 Å². The third kappa shape index (κ3) is 2.23. The molecule has 0 bridgehead atoms. The van der Waals surface area contributed by atoms with Gasteiger partial charge >= 0.3 is 0 Å². The molecule has 2 heterocycles. The lowest BCUT2D eigenvalue weighted by Gasteiger charge is -2.18. The maximum absolute atomic E-state index is 4.96. The van der Waals surface area contributed by atoms with Crippen LogP contribution in [0.1, 0.15) is 65.5 Å². The molecule has 0 spiro atoms. The predicted octanol–water partition coefficient (Wildman–Crippen LogP) is 3.00. The van der Waals surface area contributed by atoms with E-state index in [0.29, 0.717) is 12.1 Å². The summed E-state index contributed by atoms with van der Waals surface area (Å²) in [6.07, 6.45) is 12.9. The number of rotatable bonds is 5. The van der Waals surface area contributed by atoms with Gasteiger partial charge < -0.3 is 9.88 Å². The van der Waals surface area contributed by atoms with Crippen molar-refractivity contribution in [3.8, 4) is 0 Å². The lowest BCUT2D eigenvalue weighted by Crippen LogP contribution is -2.26. The topological polar surface area (TPSA) is 42.7 Å². The lowest BCUT2D eigenvalue weighted by molar-refractivity contribution is 0.548. The van der Waals surface area contributed by atoms with Crippen LogP contribution in [0.15, 0.2) is 12.5 Å². The van der Waals surface area contributed by atoms with Crippen LogP contribution in [0.4, 0.5) is 0 Å². The zero-order chi connectivity index (χ0) is 13.8. The first-order chi connectivity index (χ1) is 10.4. The van der Waals surface area contributed by atoms with Crippen LogP contribution in [0.2, 0.25) is 0 Å². The molecule has 5 heteroatoms. The minimum absolute atomic E-state index is 0.246. The molecule has 21 heavy (non-hydrogen) atoms. The molecule has 3 aliphatic carbocycles. The van der Waals surface area contributed by atoms with Gasteiger partial charge in [0, 0.05) is 17.0 Å². The molecule has 0 aromatic carbocycles. The third-order valence-electron chi connectivity index (χ3n) is 4.77. The van der Waals surface area contributed by atoms with E-state index in [4.69, 9.17) is 4.98 Å². The van der Waals surface area contributed by atoms with Crippen molar-refractivity contribution in [1.29, 1.82) is 0 Å². The van der Waals surface area contributed by atoms with E-state index in [1.54, 1.807) is 0 Å². The van der Waals surface area contributed by atoms with Gasteiger partial charge in [-0.05, 0) is 44.9 Å². The van der Waals surface area contributed by atoms with E-state index in [1.165, 1.54) is 66.2 Å². The van der Waals surface area contributed by atoms with Gasteiger partial charge in [-0.2, -0.15) is 0 Å². The fourth-order valence-electron chi connectivity index (χ4n) is 3.30. The Morgan fingerprint density at radius 1 is 1.24 bits per heavy atom. The van der Waals surface area contributed by atoms with Crippen molar-refractivity contribution in [3.05, 3.63) is 33.8 Å². The van der Waals surface area contributed by atoms with Crippen molar-refractivity contribution < 1.29 is 0 Å². The van der Waals surface area contributed by atoms with E-state index in [2.05, 4.69) is 14.9 Å². The number of imidazole rings is 1. The molecule has 2 fully saturated rings. The average Bonchev–Trinajstić information content (AvgIpc) is 3.35. The highest BCUT2D eigenvalue weighted by atomic mass is 32.1. The Bertz CT molecular complexity index is 644. The zero-order valence-electron chi connectivity index (χ0n) is 12.1. The zero-order valence-corrected chi connectivity index (χ0v) is 12.9. The van der Waals surface area contributed by atoms with Crippen molar-refractivity contribution in [2.75, 3.05) is 0 Å². The van der Waals surface area contributed by atoms with Crippen molar-refractivity contribution in [2.24, 2.45) is 0 Å². The Labute approximate surface area is 128 Å². The number of hydrogen-bond donors (Lipinski definition) is 1. The van der Waals surface area contributed by atoms with Gasteiger partial charge in [-0.1, -0.05) is 0 Å². The molecule has 110 valence electrons. The molecule has 5 rings (SSSR count). The molecule has 2 saturated carbocycles. The van der Waals surface area contributed by atoms with Gasteiger partial charge in [-0.15, -0.1) is 11.3 Å². The lowest BCUT2D eigenvalue weighted by atomic mass is 10.2. The average molecular weight is 300 g/mol. The number of aromatic nitrogens is 3. The van der Waals surface area contributed by atoms with Crippen LogP contribution in [0, 0.1) is 0 Å². The van der Waals surface area contributed by atoms with Crippen molar-refractivity contribution in [1.82, 2.24) is 19.9 Å². The Morgan fingerprint density at radius 3 is 2.90 bits per heavy atom. The first-order valence-electron chi connectivity index (χ1n) is 8.15. The molecule has 0 saturated heterocycles. The second-order valence-electron chi connectivity index (χ2n) is 6.61. The summed E-state index contributed by atoms with van der Waals surface area (Å²) < 4.78 is 2.38. The van der Waals surface area contributed by atoms with Gasteiger partial charge in [0.25, 0.3) is 0 Å². The number of aryl methyl sites for hydroxylation is 2. The fourth-order valence-corrected chi connectivity index (χ4v) is 4.53. The summed E-state index contributed by atoms with van der Waals surface area (Å²) in [7, 11) is 0. The van der Waals surface area contributed by atoms with Gasteiger partial charge in [-0.3, -0.25) is 0 Å². The Balaban J connectivity index is 1.53. The van der Waals surface area contributed by atoms with Crippen LogP contribution < -0.4 is 5.32 Å². The summed E-state index contributed by atoms with van der Waals surface area (Å²) in [6.45, 7) is 0. The number of nitrogens with zero attached hydrogens (tertiary/aromatic N) is 3. The van der Waals surface area contributed by atoms with Crippen molar-refractivity contribution >= 4 is 11.3 Å². The molecule has 3 aliphatic rings. The number of nitrogens with one attached hydrogen (secondary N) is 1. The fraction of sp³-hybridized carbons (Fsp3) is 0.625. The highest BCUT2D eigenvalue weighted by Crippen LogP contribution is 2.40. The number of hydrogen-bond acceptors (Lipinski definition) is 4. The summed E-state index contributed by atoms with van der Waals surface area (Å²) in [5.41, 5.74) is 2.67. The summed E-state index contributed by atoms with van der Waals surface area (Å²) in [5, 5.41) is 5.07. The minimum atomic E-state index is 0.246. The van der Waals surface area contributed by atoms with Gasteiger partial charge in [0.15, 0.2) is 0 Å². The molecule has 1 N–H and O–H groups in total. The summed E-state index contributed by atoms with van der Waals surface area (Å²) in [4.78, 5) is 10.9. The van der Waals surface area contributed by atoms with E-state index >= 15 is 0 Å². The molecule has 0 amide bonds. The van der Waals surface area contributed by atoms with Crippen LogP contribution in [-0.2, 0) is 12.8 Å². The van der Waals surface area contributed by atoms with Crippen LogP contribution in [0.5, 0.6) is 0 Å². The van der Waals surface area contributed by atoms with E-state index in [9.17, 15) is 0 Å². The summed E-state index contributed by atoms with van der Waals surface area (Å²) in [5.74, 6) is 0. The molecule has 1 atom stereocenters. The monoisotopic (exact) mass is 300 g/mol. The van der Waals surface area contributed by atoms with Crippen molar-refractivity contribution in [3.63, 3.8) is 0 Å². The Kier molecular flexibility index (Phi) is 2.73. The molecule has 0 aliphatic heterocycles. The SMILES string of the molecule is c1ncn(C2CC2)c1C(NC1CC1)c1nc2c(s1)CCC2. The van der Waals surface area contributed by atoms with Crippen molar-refractivity contribution in [2.45, 2.75) is 63.1 Å². The highest BCUT2D eigenvalue weighted by Gasteiger charge is 2.34. The van der Waals surface area contributed by atoms with Gasteiger partial charge in [0.2, 0.25) is 0 Å². The van der Waals surface area contributed by atoms with Crippen LogP contribution in [-0.4, -0.2) is 20.6 Å². The maximum Gasteiger partial charge on any atom is 0.116 e. The summed E-state index contributed by atoms with van der Waals surface area (Å²) in [6, 6.07) is 1.60.